The Bertz CT molecular complexity index is 186. The molecule has 1 aliphatic heterocycles. The summed E-state index contributed by atoms with van der Waals surface area (Å²) in [6.45, 7) is 11.3. The Balaban J connectivity index is 0.000000771. The lowest BCUT2D eigenvalue weighted by atomic mass is 9.73. The molecular formula is C17H35N. The lowest BCUT2D eigenvalue weighted by Gasteiger charge is -2.33. The lowest BCUT2D eigenvalue weighted by Crippen LogP contribution is -2.29. The maximum absolute atomic E-state index is 3.47. The second kappa shape index (κ2) is 8.96. The second-order valence-electron chi connectivity index (χ2n) is 6.45. The largest absolute Gasteiger partial charge is 0.317 e. The fraction of sp³-hybridized carbons (Fsp3) is 1.00. The van der Waals surface area contributed by atoms with Crippen molar-refractivity contribution in [3.63, 3.8) is 0 Å². The highest BCUT2D eigenvalue weighted by Gasteiger charge is 2.25. The fourth-order valence-corrected chi connectivity index (χ4v) is 3.68. The quantitative estimate of drug-likeness (QED) is 0.757. The van der Waals surface area contributed by atoms with Gasteiger partial charge in [0.2, 0.25) is 0 Å². The molecule has 0 aromatic rings. The second-order valence-corrected chi connectivity index (χ2v) is 6.45. The Hall–Kier alpha value is -0.0400. The Morgan fingerprint density at radius 2 is 1.33 bits per heavy atom. The number of piperidine rings is 1. The predicted octanol–water partition coefficient (Wildman–Crippen LogP) is 4.86. The van der Waals surface area contributed by atoms with Crippen LogP contribution in [0.5, 0.6) is 0 Å². The minimum atomic E-state index is 0.917. The van der Waals surface area contributed by atoms with Gasteiger partial charge in [-0.15, -0.1) is 0 Å². The van der Waals surface area contributed by atoms with E-state index in [0.717, 1.165) is 23.7 Å². The topological polar surface area (TPSA) is 12.0 Å². The molecule has 18 heavy (non-hydrogen) atoms. The fourth-order valence-electron chi connectivity index (χ4n) is 3.68. The minimum Gasteiger partial charge on any atom is -0.317 e. The zero-order valence-electron chi connectivity index (χ0n) is 13.2. The summed E-state index contributed by atoms with van der Waals surface area (Å²) in [6.07, 6.45) is 10.5. The molecule has 0 radical (unpaired) electrons. The average molecular weight is 253 g/mol. The summed E-state index contributed by atoms with van der Waals surface area (Å²) in [6, 6.07) is 0. The Morgan fingerprint density at radius 1 is 0.833 bits per heavy atom. The van der Waals surface area contributed by atoms with Crippen LogP contribution in [0.25, 0.3) is 0 Å². The van der Waals surface area contributed by atoms with Crippen molar-refractivity contribution in [3.8, 4) is 0 Å². The van der Waals surface area contributed by atoms with Crippen molar-refractivity contribution in [2.45, 2.75) is 72.6 Å². The van der Waals surface area contributed by atoms with Crippen LogP contribution in [-0.4, -0.2) is 13.1 Å². The van der Waals surface area contributed by atoms with E-state index in [0.29, 0.717) is 0 Å². The van der Waals surface area contributed by atoms with E-state index in [1.807, 2.05) is 13.8 Å². The molecule has 0 amide bonds. The van der Waals surface area contributed by atoms with Crippen LogP contribution in [0.2, 0.25) is 0 Å². The number of hydrogen-bond acceptors (Lipinski definition) is 1. The van der Waals surface area contributed by atoms with E-state index in [9.17, 15) is 0 Å². The van der Waals surface area contributed by atoms with E-state index >= 15 is 0 Å². The first kappa shape index (κ1) is 16.0. The molecule has 1 N–H and O–H groups in total. The van der Waals surface area contributed by atoms with E-state index in [2.05, 4.69) is 19.2 Å². The molecule has 0 aromatic heterocycles. The van der Waals surface area contributed by atoms with Crippen molar-refractivity contribution in [2.75, 3.05) is 13.1 Å². The smallest absolute Gasteiger partial charge is 0.00463 e. The van der Waals surface area contributed by atoms with Crippen LogP contribution in [-0.2, 0) is 0 Å². The third-order valence-electron chi connectivity index (χ3n) is 4.96. The maximum Gasteiger partial charge on any atom is -0.00463 e. The van der Waals surface area contributed by atoms with Crippen LogP contribution in [0.15, 0.2) is 0 Å². The molecule has 2 fully saturated rings. The van der Waals surface area contributed by atoms with Crippen molar-refractivity contribution >= 4 is 0 Å². The van der Waals surface area contributed by atoms with Crippen LogP contribution >= 0.6 is 0 Å². The molecule has 1 saturated carbocycles. The summed E-state index contributed by atoms with van der Waals surface area (Å²) in [5.41, 5.74) is 0. The van der Waals surface area contributed by atoms with Gasteiger partial charge in [-0.25, -0.2) is 0 Å². The number of rotatable bonds is 3. The van der Waals surface area contributed by atoms with Gasteiger partial charge in [0.05, 0.1) is 0 Å². The standard InChI is InChI=1S/C15H29N.C2H6/c1-12(2)15-5-3-13(4-6-15)11-14-7-9-16-10-8-14;1-2/h12-16H,3-11H2,1-2H3;1-2H3. The highest BCUT2D eigenvalue weighted by molar-refractivity contribution is 4.78. The van der Waals surface area contributed by atoms with Crippen molar-refractivity contribution in [1.82, 2.24) is 5.32 Å². The molecular weight excluding hydrogens is 218 g/mol. The van der Waals surface area contributed by atoms with Gasteiger partial charge in [0.25, 0.3) is 0 Å². The number of nitrogens with one attached hydrogen (secondary N) is 1. The lowest BCUT2D eigenvalue weighted by molar-refractivity contribution is 0.188. The molecule has 2 rings (SSSR count). The summed E-state index contributed by atoms with van der Waals surface area (Å²) >= 11 is 0. The highest BCUT2D eigenvalue weighted by Crippen LogP contribution is 2.37. The molecule has 1 heteroatoms. The number of hydrogen-bond donors (Lipinski definition) is 1. The van der Waals surface area contributed by atoms with Gasteiger partial charge in [-0.2, -0.15) is 0 Å². The van der Waals surface area contributed by atoms with Crippen LogP contribution in [0, 0.1) is 23.7 Å². The van der Waals surface area contributed by atoms with E-state index in [-0.39, 0.29) is 0 Å². The molecule has 2 aliphatic rings. The van der Waals surface area contributed by atoms with Gasteiger partial charge in [-0.05, 0) is 68.9 Å². The summed E-state index contributed by atoms with van der Waals surface area (Å²) in [4.78, 5) is 0. The SMILES string of the molecule is CC.CC(C)C1CCC(CC2CCNCC2)CC1. The van der Waals surface area contributed by atoms with Gasteiger partial charge < -0.3 is 5.32 Å². The monoisotopic (exact) mass is 253 g/mol. The zero-order chi connectivity index (χ0) is 13.4. The molecule has 1 saturated heterocycles. The molecule has 1 heterocycles. The van der Waals surface area contributed by atoms with E-state index < -0.39 is 0 Å². The third kappa shape index (κ3) is 5.30. The van der Waals surface area contributed by atoms with Gasteiger partial charge >= 0.3 is 0 Å². The van der Waals surface area contributed by atoms with Gasteiger partial charge in [-0.3, -0.25) is 0 Å². The Labute approximate surface area is 115 Å². The van der Waals surface area contributed by atoms with E-state index in [4.69, 9.17) is 0 Å². The molecule has 108 valence electrons. The molecule has 0 bridgehead atoms. The Kier molecular flexibility index (Phi) is 7.97. The van der Waals surface area contributed by atoms with Crippen LogP contribution in [0.4, 0.5) is 0 Å². The van der Waals surface area contributed by atoms with Gasteiger partial charge in [0, 0.05) is 0 Å². The summed E-state index contributed by atoms with van der Waals surface area (Å²) in [5.74, 6) is 4.06. The van der Waals surface area contributed by atoms with E-state index in [1.54, 1.807) is 0 Å². The van der Waals surface area contributed by atoms with Crippen LogP contribution in [0.3, 0.4) is 0 Å². The summed E-state index contributed by atoms with van der Waals surface area (Å²) in [5, 5.41) is 3.47. The third-order valence-corrected chi connectivity index (χ3v) is 4.96. The molecule has 1 nitrogen and oxygen atoms in total. The van der Waals surface area contributed by atoms with Crippen LogP contribution in [0.1, 0.15) is 72.6 Å². The summed E-state index contributed by atoms with van der Waals surface area (Å²) < 4.78 is 0. The molecule has 0 aromatic carbocycles. The minimum absolute atomic E-state index is 0.917. The Morgan fingerprint density at radius 3 is 1.83 bits per heavy atom. The first-order valence-electron chi connectivity index (χ1n) is 8.46. The molecule has 0 atom stereocenters. The van der Waals surface area contributed by atoms with Crippen molar-refractivity contribution in [1.29, 1.82) is 0 Å². The van der Waals surface area contributed by atoms with Crippen LogP contribution < -0.4 is 5.32 Å². The van der Waals surface area contributed by atoms with Gasteiger partial charge in [0.1, 0.15) is 0 Å². The first-order chi connectivity index (χ1) is 8.75. The van der Waals surface area contributed by atoms with Gasteiger partial charge in [0.15, 0.2) is 0 Å². The predicted molar refractivity (Wildman–Crippen MR) is 81.8 cm³/mol. The maximum atomic E-state index is 3.47. The van der Waals surface area contributed by atoms with Crippen molar-refractivity contribution in [2.24, 2.45) is 23.7 Å². The van der Waals surface area contributed by atoms with Crippen molar-refractivity contribution in [3.05, 3.63) is 0 Å². The molecule has 0 spiro atoms. The van der Waals surface area contributed by atoms with Gasteiger partial charge in [-0.1, -0.05) is 40.5 Å². The summed E-state index contributed by atoms with van der Waals surface area (Å²) in [7, 11) is 0. The zero-order valence-corrected chi connectivity index (χ0v) is 13.2. The van der Waals surface area contributed by atoms with Crippen molar-refractivity contribution < 1.29 is 0 Å². The van der Waals surface area contributed by atoms with E-state index in [1.165, 1.54) is 58.0 Å². The molecule has 0 unspecified atom stereocenters. The average Bonchev–Trinajstić information content (AvgIpc) is 2.43. The highest BCUT2D eigenvalue weighted by atomic mass is 14.9. The normalized spacial score (nSPS) is 29.8. The first-order valence-corrected chi connectivity index (χ1v) is 8.46. The molecule has 1 aliphatic carbocycles.